The van der Waals surface area contributed by atoms with Gasteiger partial charge in [-0.05, 0) is 46.3 Å². The molecule has 7 nitrogen and oxygen atoms in total. The van der Waals surface area contributed by atoms with Gasteiger partial charge in [-0.25, -0.2) is 4.79 Å². The van der Waals surface area contributed by atoms with Crippen molar-refractivity contribution in [2.45, 2.75) is 32.0 Å². The lowest BCUT2D eigenvalue weighted by atomic mass is 9.91. The Morgan fingerprint density at radius 1 is 1.17 bits per heavy atom. The zero-order valence-corrected chi connectivity index (χ0v) is 16.6. The highest BCUT2D eigenvalue weighted by molar-refractivity contribution is 9.12. The number of nitrogens with one attached hydrogen (secondary N) is 1. The van der Waals surface area contributed by atoms with Crippen LogP contribution in [0.15, 0.2) is 46.3 Å². The number of halogens is 4. The summed E-state index contributed by atoms with van der Waals surface area (Å²) in [7, 11) is 0. The number of rotatable bonds is 4. The summed E-state index contributed by atoms with van der Waals surface area (Å²) in [4.78, 5) is 24.9. The predicted octanol–water partition coefficient (Wildman–Crippen LogP) is 3.92. The van der Waals surface area contributed by atoms with Crippen molar-refractivity contribution in [2.24, 2.45) is 5.92 Å². The number of benzene rings is 1. The molecule has 2 atom stereocenters. The van der Waals surface area contributed by atoms with Gasteiger partial charge >= 0.3 is 12.3 Å². The van der Waals surface area contributed by atoms with Crippen molar-refractivity contribution in [3.8, 4) is 5.75 Å². The molecule has 1 aliphatic heterocycles. The smallest absolute Gasteiger partial charge is 0.480 e. The molecule has 0 fully saturated rings. The molecule has 0 spiro atoms. The fourth-order valence-corrected chi connectivity index (χ4v) is 3.49. The van der Waals surface area contributed by atoms with E-state index in [0.717, 1.165) is 12.1 Å². The van der Waals surface area contributed by atoms with Crippen LogP contribution in [0.5, 0.6) is 5.75 Å². The second-order valence-corrected chi connectivity index (χ2v) is 7.56. The van der Waals surface area contributed by atoms with Gasteiger partial charge in [-0.3, -0.25) is 4.79 Å². The largest absolute Gasteiger partial charge is 0.573 e. The first-order valence-corrected chi connectivity index (χ1v) is 9.05. The zero-order valence-electron chi connectivity index (χ0n) is 15.0. The Morgan fingerprint density at radius 2 is 1.79 bits per heavy atom. The SMILES string of the molecule is CC1(C)OC(=O)C([C@@H]2C(=O)C(Br)=C[C@@H]2Nc2ccc(OC(F)(F)F)cc2)=C(O)O1. The second kappa shape index (κ2) is 7.29. The van der Waals surface area contributed by atoms with Gasteiger partial charge in [0.2, 0.25) is 0 Å². The highest BCUT2D eigenvalue weighted by Crippen LogP contribution is 2.38. The first-order valence-electron chi connectivity index (χ1n) is 8.26. The van der Waals surface area contributed by atoms with Crippen LogP contribution in [0.2, 0.25) is 0 Å². The number of ketones is 1. The molecule has 0 saturated carbocycles. The van der Waals surface area contributed by atoms with Gasteiger partial charge in [0.1, 0.15) is 11.3 Å². The molecule has 3 rings (SSSR count). The number of cyclic esters (lactones) is 1. The molecule has 1 aliphatic carbocycles. The van der Waals surface area contributed by atoms with Crippen molar-refractivity contribution in [3.63, 3.8) is 0 Å². The van der Waals surface area contributed by atoms with E-state index in [9.17, 15) is 27.9 Å². The van der Waals surface area contributed by atoms with Crippen LogP contribution >= 0.6 is 15.9 Å². The van der Waals surface area contributed by atoms with Gasteiger partial charge in [-0.1, -0.05) is 0 Å². The molecule has 11 heteroatoms. The van der Waals surface area contributed by atoms with Gasteiger partial charge < -0.3 is 24.6 Å². The molecule has 2 N–H and O–H groups in total. The lowest BCUT2D eigenvalue weighted by molar-refractivity contribution is -0.274. The molecular formula is C18H15BrF3NO6. The summed E-state index contributed by atoms with van der Waals surface area (Å²) in [5.41, 5.74) is 0.000777. The number of carbonyl (C=O) groups is 2. The molecule has 0 unspecified atom stereocenters. The van der Waals surface area contributed by atoms with Crippen molar-refractivity contribution < 1.29 is 42.1 Å². The first-order chi connectivity index (χ1) is 13.4. The van der Waals surface area contributed by atoms with Crippen molar-refractivity contribution in [1.29, 1.82) is 0 Å². The summed E-state index contributed by atoms with van der Waals surface area (Å²) in [6.07, 6.45) is -3.34. The maximum atomic E-state index is 12.6. The third kappa shape index (κ3) is 4.66. The van der Waals surface area contributed by atoms with Crippen LogP contribution in [-0.4, -0.2) is 35.1 Å². The predicted molar refractivity (Wildman–Crippen MR) is 97.0 cm³/mol. The fraction of sp³-hybridized carbons (Fsp3) is 0.333. The number of esters is 1. The van der Waals surface area contributed by atoms with Crippen molar-refractivity contribution in [1.82, 2.24) is 0 Å². The molecule has 0 aromatic heterocycles. The normalized spacial score (nSPS) is 24.0. The topological polar surface area (TPSA) is 94.1 Å². The zero-order chi connectivity index (χ0) is 21.6. The van der Waals surface area contributed by atoms with Gasteiger partial charge in [0.25, 0.3) is 11.7 Å². The van der Waals surface area contributed by atoms with E-state index in [4.69, 9.17) is 9.47 Å². The molecule has 1 heterocycles. The summed E-state index contributed by atoms with van der Waals surface area (Å²) in [5.74, 6) is -5.10. The van der Waals surface area contributed by atoms with Crippen LogP contribution in [0.3, 0.4) is 0 Å². The van der Waals surface area contributed by atoms with E-state index < -0.39 is 47.6 Å². The summed E-state index contributed by atoms with van der Waals surface area (Å²) in [6, 6.07) is 4.02. The molecule has 1 aromatic carbocycles. The summed E-state index contributed by atoms with van der Waals surface area (Å²) in [5, 5.41) is 13.1. The lowest BCUT2D eigenvalue weighted by Crippen LogP contribution is -2.42. The van der Waals surface area contributed by atoms with E-state index in [1.54, 1.807) is 0 Å². The Hall–Kier alpha value is -2.69. The molecule has 2 aliphatic rings. The Bertz CT molecular complexity index is 907. The minimum Gasteiger partial charge on any atom is -0.480 e. The van der Waals surface area contributed by atoms with Crippen LogP contribution in [0.4, 0.5) is 18.9 Å². The summed E-state index contributed by atoms with van der Waals surface area (Å²) < 4.78 is 51.0. The van der Waals surface area contributed by atoms with Gasteiger partial charge in [-0.15, -0.1) is 13.2 Å². The molecule has 0 bridgehead atoms. The van der Waals surface area contributed by atoms with Gasteiger partial charge in [0.05, 0.1) is 16.4 Å². The summed E-state index contributed by atoms with van der Waals surface area (Å²) in [6.45, 7) is 2.84. The highest BCUT2D eigenvalue weighted by atomic mass is 79.9. The van der Waals surface area contributed by atoms with E-state index in [-0.39, 0.29) is 10.1 Å². The Kier molecular flexibility index (Phi) is 5.28. The number of hydrogen-bond acceptors (Lipinski definition) is 7. The van der Waals surface area contributed by atoms with Crippen LogP contribution in [0, 0.1) is 5.92 Å². The summed E-state index contributed by atoms with van der Waals surface area (Å²) >= 11 is 3.10. The van der Waals surface area contributed by atoms with Crippen LogP contribution in [-0.2, 0) is 19.1 Å². The molecule has 1 aromatic rings. The van der Waals surface area contributed by atoms with E-state index in [2.05, 4.69) is 26.0 Å². The quantitative estimate of drug-likeness (QED) is 0.634. The molecule has 0 saturated heterocycles. The number of hydrogen-bond donors (Lipinski definition) is 2. The first kappa shape index (κ1) is 21.0. The minimum absolute atomic E-state index is 0.162. The molecule has 156 valence electrons. The number of aliphatic hydroxyl groups excluding tert-OH is 1. The number of carbonyl (C=O) groups excluding carboxylic acids is 2. The Morgan fingerprint density at radius 3 is 2.34 bits per heavy atom. The Labute approximate surface area is 171 Å². The van der Waals surface area contributed by atoms with Crippen LogP contribution in [0.1, 0.15) is 13.8 Å². The van der Waals surface area contributed by atoms with Gasteiger partial charge in [0, 0.05) is 19.5 Å². The average molecular weight is 478 g/mol. The number of ether oxygens (including phenoxy) is 3. The van der Waals surface area contributed by atoms with Gasteiger partial charge in [-0.2, -0.15) is 0 Å². The maximum absolute atomic E-state index is 12.6. The average Bonchev–Trinajstić information content (AvgIpc) is 2.81. The second-order valence-electron chi connectivity index (χ2n) is 6.71. The lowest BCUT2D eigenvalue weighted by Gasteiger charge is -2.33. The molecule has 0 radical (unpaired) electrons. The van der Waals surface area contributed by atoms with Crippen molar-refractivity contribution in [3.05, 3.63) is 46.3 Å². The van der Waals surface area contributed by atoms with E-state index in [0.29, 0.717) is 5.69 Å². The molecule has 29 heavy (non-hydrogen) atoms. The van der Waals surface area contributed by atoms with E-state index in [1.165, 1.54) is 32.1 Å². The fourth-order valence-electron chi connectivity index (χ4n) is 2.96. The number of aliphatic hydroxyl groups is 1. The van der Waals surface area contributed by atoms with Crippen molar-refractivity contribution >= 4 is 33.4 Å². The monoisotopic (exact) mass is 477 g/mol. The number of Topliss-reactive ketones (excluding diaryl/α,β-unsaturated/α-hetero) is 1. The van der Waals surface area contributed by atoms with E-state index >= 15 is 0 Å². The molecule has 0 amide bonds. The van der Waals surface area contributed by atoms with Crippen LogP contribution < -0.4 is 10.1 Å². The Balaban J connectivity index is 1.85. The van der Waals surface area contributed by atoms with Crippen LogP contribution in [0.25, 0.3) is 0 Å². The molecular weight excluding hydrogens is 463 g/mol. The standard InChI is InChI=1S/C18H15BrF3NO6/c1-17(2)28-15(25)13(16(26)29-17)12-11(7-10(19)14(12)24)23-8-3-5-9(6-4-8)27-18(20,21)22/h3-7,11-12,23,25H,1-2H3/t11-,12+/m0/s1. The minimum atomic E-state index is -4.81. The van der Waals surface area contributed by atoms with Gasteiger partial charge in [0.15, 0.2) is 5.78 Å². The number of anilines is 1. The maximum Gasteiger partial charge on any atom is 0.573 e. The third-order valence-electron chi connectivity index (χ3n) is 4.07. The number of allylic oxidation sites excluding steroid dienone is 1. The highest BCUT2D eigenvalue weighted by Gasteiger charge is 2.47. The third-order valence-corrected chi connectivity index (χ3v) is 4.72. The van der Waals surface area contributed by atoms with E-state index in [1.807, 2.05) is 0 Å². The number of alkyl halides is 3. The van der Waals surface area contributed by atoms with Crippen molar-refractivity contribution in [2.75, 3.05) is 5.32 Å².